The van der Waals surface area contributed by atoms with E-state index in [1.807, 2.05) is 42.5 Å². The van der Waals surface area contributed by atoms with Crippen molar-refractivity contribution >= 4 is 0 Å². The fourth-order valence-corrected chi connectivity index (χ4v) is 1.88. The monoisotopic (exact) mass is 211 g/mol. The third-order valence-electron chi connectivity index (χ3n) is 2.86. The molecule has 1 saturated heterocycles. The SMILES string of the molecule is [2H][C@@]1(c2ccccc2)O[C@H]1c1ccc(C)cc1. The molecule has 80 valence electrons. The van der Waals surface area contributed by atoms with Gasteiger partial charge in [-0.1, -0.05) is 60.2 Å². The summed E-state index contributed by atoms with van der Waals surface area (Å²) in [6, 6.07) is 17.9. The normalized spacial score (nSPS) is 28.6. The summed E-state index contributed by atoms with van der Waals surface area (Å²) in [7, 11) is 0. The topological polar surface area (TPSA) is 12.5 Å². The Morgan fingerprint density at radius 3 is 2.31 bits per heavy atom. The Bertz CT molecular complexity index is 520. The van der Waals surface area contributed by atoms with Crippen LogP contribution in [0.5, 0.6) is 0 Å². The van der Waals surface area contributed by atoms with Crippen molar-refractivity contribution in [2.45, 2.75) is 19.1 Å². The Labute approximate surface area is 97.1 Å². The Balaban J connectivity index is 1.88. The van der Waals surface area contributed by atoms with E-state index in [1.54, 1.807) is 0 Å². The predicted molar refractivity (Wildman–Crippen MR) is 64.2 cm³/mol. The van der Waals surface area contributed by atoms with Gasteiger partial charge in [0.25, 0.3) is 0 Å². The minimum atomic E-state index is -0.892. The van der Waals surface area contributed by atoms with Crippen molar-refractivity contribution in [1.82, 2.24) is 0 Å². The number of benzene rings is 2. The van der Waals surface area contributed by atoms with Crippen LogP contribution in [-0.4, -0.2) is 0 Å². The molecule has 3 rings (SSSR count). The number of hydrogen-bond donors (Lipinski definition) is 0. The van der Waals surface area contributed by atoms with E-state index in [4.69, 9.17) is 6.11 Å². The van der Waals surface area contributed by atoms with Crippen LogP contribution in [0.3, 0.4) is 0 Å². The molecule has 0 N–H and O–H groups in total. The summed E-state index contributed by atoms with van der Waals surface area (Å²) in [6.45, 7) is 2.06. The largest absolute Gasteiger partial charge is 0.359 e. The molecule has 1 heteroatoms. The van der Waals surface area contributed by atoms with Crippen LogP contribution < -0.4 is 0 Å². The van der Waals surface area contributed by atoms with Gasteiger partial charge >= 0.3 is 0 Å². The Morgan fingerprint density at radius 2 is 1.62 bits per heavy atom. The van der Waals surface area contributed by atoms with Crippen molar-refractivity contribution < 1.29 is 6.11 Å². The summed E-state index contributed by atoms with van der Waals surface area (Å²) in [5.41, 5.74) is 3.23. The van der Waals surface area contributed by atoms with E-state index in [0.717, 1.165) is 11.1 Å². The van der Waals surface area contributed by atoms with Gasteiger partial charge < -0.3 is 4.74 Å². The van der Waals surface area contributed by atoms with Crippen molar-refractivity contribution in [3.05, 3.63) is 71.3 Å². The lowest BCUT2D eigenvalue weighted by molar-refractivity contribution is 0.377. The Morgan fingerprint density at radius 1 is 0.938 bits per heavy atom. The molecule has 0 amide bonds. The van der Waals surface area contributed by atoms with Gasteiger partial charge in [0.15, 0.2) is 0 Å². The van der Waals surface area contributed by atoms with Crippen LogP contribution in [0, 0.1) is 6.92 Å². The standard InChI is InChI=1S/C15H14O/c1-11-7-9-13(10-8-11)15-14(16-15)12-5-3-2-4-6-12/h2-10,14-15H,1H3/t14-,15-/m0/s1/i14D. The molecule has 1 aliphatic heterocycles. The van der Waals surface area contributed by atoms with Gasteiger partial charge in [0.1, 0.15) is 12.2 Å². The summed E-state index contributed by atoms with van der Waals surface area (Å²) >= 11 is 0. The highest BCUT2D eigenvalue weighted by molar-refractivity contribution is 5.31. The second kappa shape index (κ2) is 3.76. The lowest BCUT2D eigenvalue weighted by Gasteiger charge is -1.97. The summed E-state index contributed by atoms with van der Waals surface area (Å²) in [5, 5.41) is 0. The van der Waals surface area contributed by atoms with Gasteiger partial charge in [-0.25, -0.2) is 0 Å². The maximum absolute atomic E-state index is 8.31. The first kappa shape index (κ1) is 8.54. The highest BCUT2D eigenvalue weighted by Crippen LogP contribution is 2.50. The van der Waals surface area contributed by atoms with Gasteiger partial charge in [0, 0.05) is 0 Å². The highest BCUT2D eigenvalue weighted by Gasteiger charge is 2.40. The molecule has 1 fully saturated rings. The van der Waals surface area contributed by atoms with Crippen LogP contribution in [-0.2, 0) is 4.74 Å². The number of hydrogen-bond acceptors (Lipinski definition) is 1. The average Bonchev–Trinajstić information content (AvgIpc) is 3.05. The Kier molecular flexibility index (Phi) is 2.01. The molecule has 0 spiro atoms. The maximum Gasteiger partial charge on any atom is 0.114 e. The first-order chi connectivity index (χ1) is 8.20. The minimum absolute atomic E-state index is 0.134. The second-order valence-electron chi connectivity index (χ2n) is 4.14. The van der Waals surface area contributed by atoms with Crippen molar-refractivity contribution in [3.8, 4) is 0 Å². The van der Waals surface area contributed by atoms with E-state index in [2.05, 4.69) is 19.1 Å². The van der Waals surface area contributed by atoms with Crippen LogP contribution in [0.25, 0.3) is 0 Å². The van der Waals surface area contributed by atoms with Gasteiger partial charge in [-0.15, -0.1) is 0 Å². The molecule has 2 aromatic carbocycles. The smallest absolute Gasteiger partial charge is 0.114 e. The van der Waals surface area contributed by atoms with Crippen LogP contribution in [0.1, 0.15) is 30.2 Å². The molecule has 0 unspecified atom stereocenters. The van der Waals surface area contributed by atoms with Crippen LogP contribution in [0.15, 0.2) is 54.6 Å². The van der Waals surface area contributed by atoms with Gasteiger partial charge in [-0.05, 0) is 18.1 Å². The lowest BCUT2D eigenvalue weighted by atomic mass is 10.0. The molecule has 0 aromatic heterocycles. The van der Waals surface area contributed by atoms with Crippen LogP contribution in [0.2, 0.25) is 0 Å². The highest BCUT2D eigenvalue weighted by atomic mass is 16.6. The molecule has 1 aliphatic rings. The fourth-order valence-electron chi connectivity index (χ4n) is 1.88. The Hall–Kier alpha value is -1.60. The van der Waals surface area contributed by atoms with Crippen molar-refractivity contribution in [2.75, 3.05) is 0 Å². The van der Waals surface area contributed by atoms with Gasteiger partial charge in [-0.2, -0.15) is 0 Å². The summed E-state index contributed by atoms with van der Waals surface area (Å²) < 4.78 is 13.9. The van der Waals surface area contributed by atoms with Crippen LogP contribution in [0.4, 0.5) is 0 Å². The quantitative estimate of drug-likeness (QED) is 0.688. The molecule has 1 nitrogen and oxygen atoms in total. The molecule has 0 aliphatic carbocycles. The zero-order valence-electron chi connectivity index (χ0n) is 10.2. The zero-order valence-corrected chi connectivity index (χ0v) is 9.18. The summed E-state index contributed by atoms with van der Waals surface area (Å²) in [5.74, 6) is 0. The van der Waals surface area contributed by atoms with Gasteiger partial charge in [-0.3, -0.25) is 0 Å². The predicted octanol–water partition coefficient (Wildman–Crippen LogP) is 3.81. The maximum atomic E-state index is 8.31. The average molecular weight is 211 g/mol. The fraction of sp³-hybridized carbons (Fsp3) is 0.200. The molecule has 2 atom stereocenters. The van der Waals surface area contributed by atoms with E-state index in [0.29, 0.717) is 0 Å². The molecule has 2 aromatic rings. The number of aryl methyl sites for hydroxylation is 1. The number of ether oxygens (including phenoxy) is 1. The molecule has 0 radical (unpaired) electrons. The molecule has 16 heavy (non-hydrogen) atoms. The van der Waals surface area contributed by atoms with Crippen LogP contribution >= 0.6 is 0 Å². The van der Waals surface area contributed by atoms with E-state index in [-0.39, 0.29) is 6.10 Å². The molecular formula is C15H14O. The van der Waals surface area contributed by atoms with Gasteiger partial charge in [0.2, 0.25) is 0 Å². The van der Waals surface area contributed by atoms with Crippen molar-refractivity contribution in [1.29, 1.82) is 0 Å². The first-order valence-electron chi connectivity index (χ1n) is 6.00. The van der Waals surface area contributed by atoms with E-state index in [1.165, 1.54) is 5.56 Å². The molecular weight excluding hydrogens is 196 g/mol. The first-order valence-corrected chi connectivity index (χ1v) is 5.50. The lowest BCUT2D eigenvalue weighted by Crippen LogP contribution is -1.84. The molecule has 1 heterocycles. The molecule has 0 bridgehead atoms. The van der Waals surface area contributed by atoms with Gasteiger partial charge in [0.05, 0.1) is 1.37 Å². The summed E-state index contributed by atoms with van der Waals surface area (Å²) in [6.07, 6.45) is -1.03. The molecule has 0 saturated carbocycles. The van der Waals surface area contributed by atoms with E-state index in [9.17, 15) is 0 Å². The third kappa shape index (κ3) is 1.74. The van der Waals surface area contributed by atoms with E-state index >= 15 is 0 Å². The zero-order chi connectivity index (χ0) is 11.9. The third-order valence-corrected chi connectivity index (χ3v) is 2.86. The number of epoxide rings is 1. The van der Waals surface area contributed by atoms with E-state index < -0.39 is 6.08 Å². The van der Waals surface area contributed by atoms with Crippen molar-refractivity contribution in [3.63, 3.8) is 0 Å². The second-order valence-corrected chi connectivity index (χ2v) is 4.14. The van der Waals surface area contributed by atoms with Crippen molar-refractivity contribution in [2.24, 2.45) is 0 Å². The number of rotatable bonds is 2. The minimum Gasteiger partial charge on any atom is -0.359 e. The summed E-state index contributed by atoms with van der Waals surface area (Å²) in [4.78, 5) is 0.